The first kappa shape index (κ1) is 12.4. The van der Waals surface area contributed by atoms with E-state index in [0.717, 1.165) is 5.39 Å². The fourth-order valence-electron chi connectivity index (χ4n) is 1.97. The maximum atomic E-state index is 12.0. The van der Waals surface area contributed by atoms with Crippen LogP contribution in [-0.2, 0) is 7.05 Å². The Hall–Kier alpha value is -2.01. The van der Waals surface area contributed by atoms with Gasteiger partial charge in [0.1, 0.15) is 11.4 Å². The minimum Gasteiger partial charge on any atom is -0.506 e. The number of amides is 1. The van der Waals surface area contributed by atoms with Crippen LogP contribution in [0.5, 0.6) is 5.75 Å². The number of nitrogens with zero attached hydrogens (tertiary/aromatic N) is 1. The molecule has 0 spiro atoms. The molecule has 0 fully saturated rings. The third-order valence-corrected chi connectivity index (χ3v) is 3.00. The zero-order valence-corrected chi connectivity index (χ0v) is 10.5. The van der Waals surface area contributed by atoms with Gasteiger partial charge in [-0.15, -0.1) is 0 Å². The Labute approximate surface area is 105 Å². The van der Waals surface area contributed by atoms with E-state index in [9.17, 15) is 9.90 Å². The molecule has 18 heavy (non-hydrogen) atoms. The fourth-order valence-corrected chi connectivity index (χ4v) is 1.97. The van der Waals surface area contributed by atoms with Gasteiger partial charge < -0.3 is 20.7 Å². The van der Waals surface area contributed by atoms with Crippen molar-refractivity contribution in [1.82, 2.24) is 9.88 Å². The van der Waals surface area contributed by atoms with Crippen LogP contribution in [0.2, 0.25) is 0 Å². The smallest absolute Gasteiger partial charge is 0.268 e. The number of rotatable bonds is 3. The highest BCUT2D eigenvalue weighted by molar-refractivity contribution is 6.00. The van der Waals surface area contributed by atoms with Crippen molar-refractivity contribution < 1.29 is 9.90 Å². The maximum absolute atomic E-state index is 12.0. The van der Waals surface area contributed by atoms with E-state index in [1.165, 1.54) is 0 Å². The standard InChI is InChI=1S/C13H17N3O2/c1-8(7-14)15-13(18)10-6-9-4-3-5-11(17)12(9)16(10)2/h3-6,8,17H,7,14H2,1-2H3,(H,15,18). The van der Waals surface area contributed by atoms with Gasteiger partial charge >= 0.3 is 0 Å². The largest absolute Gasteiger partial charge is 0.506 e. The number of aromatic hydroxyl groups is 1. The predicted octanol–water partition coefficient (Wildman–Crippen LogP) is 0.961. The second-order valence-electron chi connectivity index (χ2n) is 4.41. The quantitative estimate of drug-likeness (QED) is 0.755. The van der Waals surface area contributed by atoms with Gasteiger partial charge in [-0.25, -0.2) is 0 Å². The van der Waals surface area contributed by atoms with E-state index in [0.29, 0.717) is 17.8 Å². The molecule has 1 atom stereocenters. The SMILES string of the molecule is CC(CN)NC(=O)c1cc2cccc(O)c2n1C. The molecule has 5 nitrogen and oxygen atoms in total. The molecule has 1 unspecified atom stereocenters. The Morgan fingerprint density at radius 1 is 1.56 bits per heavy atom. The molecular formula is C13H17N3O2. The Balaban J connectivity index is 2.43. The molecule has 4 N–H and O–H groups in total. The van der Waals surface area contributed by atoms with Gasteiger partial charge in [-0.05, 0) is 19.1 Å². The molecule has 1 amide bonds. The van der Waals surface area contributed by atoms with E-state index in [1.807, 2.05) is 13.0 Å². The van der Waals surface area contributed by atoms with Crippen molar-refractivity contribution in [3.05, 3.63) is 30.0 Å². The number of fused-ring (bicyclic) bond motifs is 1. The minimum atomic E-state index is -0.189. The number of nitrogens with two attached hydrogens (primary N) is 1. The van der Waals surface area contributed by atoms with Gasteiger partial charge in [0, 0.05) is 25.0 Å². The van der Waals surface area contributed by atoms with Crippen LogP contribution in [0.15, 0.2) is 24.3 Å². The molecule has 96 valence electrons. The Bertz CT molecular complexity index is 589. The second-order valence-corrected chi connectivity index (χ2v) is 4.41. The highest BCUT2D eigenvalue weighted by Crippen LogP contribution is 2.26. The van der Waals surface area contributed by atoms with E-state index < -0.39 is 0 Å². The van der Waals surface area contributed by atoms with Crippen LogP contribution in [0, 0.1) is 0 Å². The average Bonchev–Trinajstić information content (AvgIpc) is 2.68. The summed E-state index contributed by atoms with van der Waals surface area (Å²) in [5, 5.41) is 13.4. The second kappa shape index (κ2) is 4.70. The predicted molar refractivity (Wildman–Crippen MR) is 70.6 cm³/mol. The Morgan fingerprint density at radius 2 is 2.28 bits per heavy atom. The molecular weight excluding hydrogens is 230 g/mol. The van der Waals surface area contributed by atoms with Gasteiger partial charge in [-0.1, -0.05) is 12.1 Å². The van der Waals surface area contributed by atoms with Crippen LogP contribution in [0.3, 0.4) is 0 Å². The summed E-state index contributed by atoms with van der Waals surface area (Å²) in [4.78, 5) is 12.0. The summed E-state index contributed by atoms with van der Waals surface area (Å²) < 4.78 is 1.68. The third kappa shape index (κ3) is 2.04. The Morgan fingerprint density at radius 3 is 2.89 bits per heavy atom. The molecule has 0 aliphatic heterocycles. The number of hydrogen-bond acceptors (Lipinski definition) is 3. The highest BCUT2D eigenvalue weighted by atomic mass is 16.3. The summed E-state index contributed by atoms with van der Waals surface area (Å²) in [5.41, 5.74) is 6.64. The van der Waals surface area contributed by atoms with Crippen molar-refractivity contribution >= 4 is 16.8 Å². The van der Waals surface area contributed by atoms with Gasteiger partial charge in [0.2, 0.25) is 0 Å². The molecule has 0 radical (unpaired) electrons. The summed E-state index contributed by atoms with van der Waals surface area (Å²) >= 11 is 0. The number of hydrogen-bond donors (Lipinski definition) is 3. The van der Waals surface area contributed by atoms with E-state index in [4.69, 9.17) is 5.73 Å². The van der Waals surface area contributed by atoms with E-state index in [2.05, 4.69) is 5.32 Å². The van der Waals surface area contributed by atoms with Crippen molar-refractivity contribution in [3.8, 4) is 5.75 Å². The summed E-state index contributed by atoms with van der Waals surface area (Å²) in [6.07, 6.45) is 0. The molecule has 0 saturated heterocycles. The molecule has 0 aliphatic carbocycles. The van der Waals surface area contributed by atoms with Gasteiger partial charge in [0.25, 0.3) is 5.91 Å². The Kier molecular flexibility index (Phi) is 3.25. The molecule has 1 aromatic heterocycles. The lowest BCUT2D eigenvalue weighted by atomic mass is 10.2. The number of aryl methyl sites for hydroxylation is 1. The third-order valence-electron chi connectivity index (χ3n) is 3.00. The lowest BCUT2D eigenvalue weighted by Crippen LogP contribution is -2.38. The molecule has 0 saturated carbocycles. The van der Waals surface area contributed by atoms with Crippen LogP contribution >= 0.6 is 0 Å². The number of nitrogens with one attached hydrogen (secondary N) is 1. The molecule has 0 bridgehead atoms. The van der Waals surface area contributed by atoms with Gasteiger partial charge in [0.05, 0.1) is 5.52 Å². The van der Waals surface area contributed by atoms with Crippen LogP contribution in [-0.4, -0.2) is 28.2 Å². The molecule has 1 heterocycles. The van der Waals surface area contributed by atoms with Crippen molar-refractivity contribution in [2.75, 3.05) is 6.54 Å². The zero-order valence-electron chi connectivity index (χ0n) is 10.5. The topological polar surface area (TPSA) is 80.3 Å². The maximum Gasteiger partial charge on any atom is 0.268 e. The lowest BCUT2D eigenvalue weighted by molar-refractivity contribution is 0.0933. The molecule has 2 aromatic rings. The summed E-state index contributed by atoms with van der Waals surface area (Å²) in [6.45, 7) is 2.24. The number of carbonyl (C=O) groups is 1. The first-order chi connectivity index (χ1) is 8.54. The summed E-state index contributed by atoms with van der Waals surface area (Å²) in [6, 6.07) is 6.89. The van der Waals surface area contributed by atoms with Crippen LogP contribution in [0.25, 0.3) is 10.9 Å². The molecule has 2 rings (SSSR count). The molecule has 1 aromatic carbocycles. The van der Waals surface area contributed by atoms with Crippen molar-refractivity contribution in [3.63, 3.8) is 0 Å². The van der Waals surface area contributed by atoms with E-state index >= 15 is 0 Å². The van der Waals surface area contributed by atoms with E-state index in [-0.39, 0.29) is 17.7 Å². The summed E-state index contributed by atoms with van der Waals surface area (Å²) in [7, 11) is 1.75. The first-order valence-corrected chi connectivity index (χ1v) is 5.83. The fraction of sp³-hybridized carbons (Fsp3) is 0.308. The molecule has 5 heteroatoms. The van der Waals surface area contributed by atoms with Gasteiger partial charge in [-0.2, -0.15) is 0 Å². The average molecular weight is 247 g/mol. The number of para-hydroxylation sites is 1. The van der Waals surface area contributed by atoms with Crippen molar-refractivity contribution in [1.29, 1.82) is 0 Å². The summed E-state index contributed by atoms with van der Waals surface area (Å²) in [5.74, 6) is -0.0213. The van der Waals surface area contributed by atoms with Crippen LogP contribution < -0.4 is 11.1 Å². The number of phenols is 1. The minimum absolute atomic E-state index is 0.0795. The van der Waals surface area contributed by atoms with Crippen molar-refractivity contribution in [2.45, 2.75) is 13.0 Å². The number of phenolic OH excluding ortho intramolecular Hbond substituents is 1. The van der Waals surface area contributed by atoms with Gasteiger partial charge in [-0.3, -0.25) is 4.79 Å². The van der Waals surface area contributed by atoms with Crippen LogP contribution in [0.1, 0.15) is 17.4 Å². The lowest BCUT2D eigenvalue weighted by Gasteiger charge is -2.11. The zero-order chi connectivity index (χ0) is 13.3. The van der Waals surface area contributed by atoms with Crippen LogP contribution in [0.4, 0.5) is 0 Å². The molecule has 0 aliphatic rings. The monoisotopic (exact) mass is 247 g/mol. The van der Waals surface area contributed by atoms with Crippen molar-refractivity contribution in [2.24, 2.45) is 12.8 Å². The first-order valence-electron chi connectivity index (χ1n) is 5.83. The number of carbonyl (C=O) groups excluding carboxylic acids is 1. The normalized spacial score (nSPS) is 12.6. The van der Waals surface area contributed by atoms with E-state index in [1.54, 1.807) is 29.8 Å². The van der Waals surface area contributed by atoms with Gasteiger partial charge in [0.15, 0.2) is 0 Å². The number of benzene rings is 1. The number of aromatic nitrogens is 1. The highest BCUT2D eigenvalue weighted by Gasteiger charge is 2.16.